The van der Waals surface area contributed by atoms with E-state index >= 15 is 0 Å². The average molecular weight is 265 g/mol. The first-order valence-electron chi connectivity index (χ1n) is 4.98. The van der Waals surface area contributed by atoms with Crippen molar-refractivity contribution in [2.75, 3.05) is 5.32 Å². The van der Waals surface area contributed by atoms with Gasteiger partial charge in [-0.3, -0.25) is 0 Å². The van der Waals surface area contributed by atoms with Gasteiger partial charge in [-0.1, -0.05) is 24.3 Å². The molecule has 78 valence electrons. The second kappa shape index (κ2) is 4.19. The molecule has 0 saturated carbocycles. The van der Waals surface area contributed by atoms with Gasteiger partial charge in [0.15, 0.2) is 0 Å². The molecule has 2 rings (SSSR count). The highest BCUT2D eigenvalue weighted by Crippen LogP contribution is 2.27. The summed E-state index contributed by atoms with van der Waals surface area (Å²) in [5.41, 5.74) is 0. The molecule has 0 aliphatic carbocycles. The van der Waals surface area contributed by atoms with E-state index in [9.17, 15) is 0 Å². The Bertz CT molecular complexity index is 480. The maximum atomic E-state index is 4.39. The van der Waals surface area contributed by atoms with E-state index in [-0.39, 0.29) is 0 Å². The first-order valence-corrected chi connectivity index (χ1v) is 5.77. The number of pyridine rings is 1. The third kappa shape index (κ3) is 2.12. The van der Waals surface area contributed by atoms with E-state index in [0.29, 0.717) is 6.04 Å². The Balaban J connectivity index is 2.61. The highest BCUT2D eigenvalue weighted by atomic mass is 79.9. The number of rotatable bonds is 2. The fourth-order valence-corrected chi connectivity index (χ4v) is 1.99. The van der Waals surface area contributed by atoms with Crippen LogP contribution in [0, 0.1) is 0 Å². The van der Waals surface area contributed by atoms with E-state index in [4.69, 9.17) is 0 Å². The first-order chi connectivity index (χ1) is 7.18. The number of anilines is 1. The lowest BCUT2D eigenvalue weighted by Gasteiger charge is -2.12. The van der Waals surface area contributed by atoms with Crippen molar-refractivity contribution < 1.29 is 0 Å². The molecule has 0 aliphatic rings. The number of aromatic nitrogens is 1. The van der Waals surface area contributed by atoms with Crippen molar-refractivity contribution in [2.45, 2.75) is 19.9 Å². The van der Waals surface area contributed by atoms with Crippen molar-refractivity contribution >= 4 is 32.5 Å². The van der Waals surface area contributed by atoms with Gasteiger partial charge < -0.3 is 5.32 Å². The van der Waals surface area contributed by atoms with Crippen LogP contribution in [-0.4, -0.2) is 11.0 Å². The Morgan fingerprint density at radius 1 is 1.20 bits per heavy atom. The topological polar surface area (TPSA) is 24.9 Å². The van der Waals surface area contributed by atoms with Gasteiger partial charge in [-0.05, 0) is 29.8 Å². The minimum atomic E-state index is 0.391. The third-order valence-electron chi connectivity index (χ3n) is 2.17. The van der Waals surface area contributed by atoms with Crippen molar-refractivity contribution in [3.8, 4) is 0 Å². The SMILES string of the molecule is CC(C)Nc1ncc(Br)c2ccccc12. The molecule has 2 aromatic rings. The molecule has 1 aromatic heterocycles. The molecule has 0 bridgehead atoms. The summed E-state index contributed by atoms with van der Waals surface area (Å²) in [6.07, 6.45) is 1.84. The quantitative estimate of drug-likeness (QED) is 0.892. The lowest BCUT2D eigenvalue weighted by molar-refractivity contribution is 0.892. The molecule has 0 saturated heterocycles. The van der Waals surface area contributed by atoms with E-state index in [0.717, 1.165) is 15.7 Å². The minimum Gasteiger partial charge on any atom is -0.367 e. The highest BCUT2D eigenvalue weighted by Gasteiger charge is 2.05. The number of benzene rings is 1. The van der Waals surface area contributed by atoms with Crippen LogP contribution in [0.2, 0.25) is 0 Å². The molecule has 1 N–H and O–H groups in total. The molecule has 0 atom stereocenters. The number of fused-ring (bicyclic) bond motifs is 1. The van der Waals surface area contributed by atoms with Crippen LogP contribution in [0.4, 0.5) is 5.82 Å². The molecular weight excluding hydrogens is 252 g/mol. The molecule has 1 aromatic carbocycles. The third-order valence-corrected chi connectivity index (χ3v) is 2.80. The van der Waals surface area contributed by atoms with E-state index in [1.54, 1.807) is 0 Å². The van der Waals surface area contributed by atoms with Gasteiger partial charge in [0.05, 0.1) is 0 Å². The van der Waals surface area contributed by atoms with Gasteiger partial charge in [-0.2, -0.15) is 0 Å². The Labute approximate surface area is 97.8 Å². The molecule has 0 unspecified atom stereocenters. The number of halogens is 1. The minimum absolute atomic E-state index is 0.391. The molecular formula is C12H13BrN2. The fraction of sp³-hybridized carbons (Fsp3) is 0.250. The predicted octanol–water partition coefficient (Wildman–Crippen LogP) is 3.82. The summed E-state index contributed by atoms with van der Waals surface area (Å²) in [4.78, 5) is 4.39. The smallest absolute Gasteiger partial charge is 0.134 e. The van der Waals surface area contributed by atoms with Crippen LogP contribution in [0.25, 0.3) is 10.8 Å². The largest absolute Gasteiger partial charge is 0.367 e. The Morgan fingerprint density at radius 2 is 1.87 bits per heavy atom. The summed E-state index contributed by atoms with van der Waals surface area (Å²) in [6.45, 7) is 4.22. The van der Waals surface area contributed by atoms with Crippen molar-refractivity contribution in [3.63, 3.8) is 0 Å². The van der Waals surface area contributed by atoms with E-state index < -0.39 is 0 Å². The zero-order valence-corrected chi connectivity index (χ0v) is 10.4. The summed E-state index contributed by atoms with van der Waals surface area (Å²) >= 11 is 3.51. The van der Waals surface area contributed by atoms with Crippen LogP contribution in [-0.2, 0) is 0 Å². The lowest BCUT2D eigenvalue weighted by Crippen LogP contribution is -2.11. The van der Waals surface area contributed by atoms with Gasteiger partial charge in [-0.15, -0.1) is 0 Å². The fourth-order valence-electron chi connectivity index (χ4n) is 1.55. The van der Waals surface area contributed by atoms with Crippen LogP contribution in [0.3, 0.4) is 0 Å². The normalized spacial score (nSPS) is 10.9. The standard InChI is InChI=1S/C12H13BrN2/c1-8(2)15-12-10-6-4-3-5-9(10)11(13)7-14-12/h3-8H,1-2H3,(H,14,15). The molecule has 0 radical (unpaired) electrons. The van der Waals surface area contributed by atoms with Crippen LogP contribution in [0.5, 0.6) is 0 Å². The monoisotopic (exact) mass is 264 g/mol. The summed E-state index contributed by atoms with van der Waals surface area (Å²) in [7, 11) is 0. The van der Waals surface area contributed by atoms with Gasteiger partial charge in [0.1, 0.15) is 5.82 Å². The zero-order chi connectivity index (χ0) is 10.8. The number of hydrogen-bond acceptors (Lipinski definition) is 2. The van der Waals surface area contributed by atoms with Gasteiger partial charge in [0.25, 0.3) is 0 Å². The molecule has 0 aliphatic heterocycles. The summed E-state index contributed by atoms with van der Waals surface area (Å²) in [6, 6.07) is 8.63. The molecule has 0 spiro atoms. The maximum Gasteiger partial charge on any atom is 0.134 e. The maximum absolute atomic E-state index is 4.39. The number of hydrogen-bond donors (Lipinski definition) is 1. The number of nitrogens with zero attached hydrogens (tertiary/aromatic N) is 1. The Morgan fingerprint density at radius 3 is 2.53 bits per heavy atom. The van der Waals surface area contributed by atoms with Crippen LogP contribution >= 0.6 is 15.9 Å². The van der Waals surface area contributed by atoms with Crippen LogP contribution < -0.4 is 5.32 Å². The summed E-state index contributed by atoms with van der Waals surface area (Å²) < 4.78 is 1.03. The molecule has 1 heterocycles. The lowest BCUT2D eigenvalue weighted by atomic mass is 10.1. The molecule has 3 heteroatoms. The van der Waals surface area contributed by atoms with Crippen molar-refractivity contribution in [3.05, 3.63) is 34.9 Å². The zero-order valence-electron chi connectivity index (χ0n) is 8.79. The summed E-state index contributed by atoms with van der Waals surface area (Å²) in [5, 5.41) is 5.69. The van der Waals surface area contributed by atoms with Gasteiger partial charge in [-0.25, -0.2) is 4.98 Å². The molecule has 2 nitrogen and oxygen atoms in total. The van der Waals surface area contributed by atoms with Gasteiger partial charge in [0.2, 0.25) is 0 Å². The van der Waals surface area contributed by atoms with E-state index in [1.807, 2.05) is 18.3 Å². The Kier molecular flexibility index (Phi) is 2.91. The van der Waals surface area contributed by atoms with Gasteiger partial charge in [0, 0.05) is 27.5 Å². The highest BCUT2D eigenvalue weighted by molar-refractivity contribution is 9.10. The number of nitrogens with one attached hydrogen (secondary N) is 1. The first kappa shape index (κ1) is 10.4. The molecule has 15 heavy (non-hydrogen) atoms. The van der Waals surface area contributed by atoms with Crippen molar-refractivity contribution in [2.24, 2.45) is 0 Å². The molecule has 0 amide bonds. The second-order valence-corrected chi connectivity index (χ2v) is 4.65. The average Bonchev–Trinajstić information content (AvgIpc) is 2.22. The van der Waals surface area contributed by atoms with Gasteiger partial charge >= 0.3 is 0 Å². The van der Waals surface area contributed by atoms with Crippen molar-refractivity contribution in [1.29, 1.82) is 0 Å². The predicted molar refractivity (Wildman–Crippen MR) is 68.2 cm³/mol. The Hall–Kier alpha value is -1.09. The summed E-state index contributed by atoms with van der Waals surface area (Å²) in [5.74, 6) is 0.948. The van der Waals surface area contributed by atoms with Crippen molar-refractivity contribution in [1.82, 2.24) is 4.98 Å². The van der Waals surface area contributed by atoms with E-state index in [1.165, 1.54) is 5.39 Å². The second-order valence-electron chi connectivity index (χ2n) is 3.80. The molecule has 0 fully saturated rings. The van der Waals surface area contributed by atoms with E-state index in [2.05, 4.69) is 52.2 Å². The van der Waals surface area contributed by atoms with Crippen LogP contribution in [0.15, 0.2) is 34.9 Å². The van der Waals surface area contributed by atoms with Crippen LogP contribution in [0.1, 0.15) is 13.8 Å².